The zero-order valence-electron chi connectivity index (χ0n) is 23.1. The molecule has 0 heterocycles. The Morgan fingerprint density at radius 1 is 0.846 bits per heavy atom. The van der Waals surface area contributed by atoms with E-state index in [0.29, 0.717) is 5.56 Å². The summed E-state index contributed by atoms with van der Waals surface area (Å²) >= 11 is 0. The van der Waals surface area contributed by atoms with E-state index in [1.807, 2.05) is 30.3 Å². The molecule has 2 atom stereocenters. The molecule has 0 aliphatic heterocycles. The maximum absolute atomic E-state index is 13.0. The van der Waals surface area contributed by atoms with Crippen LogP contribution in [0.3, 0.4) is 0 Å². The summed E-state index contributed by atoms with van der Waals surface area (Å²) in [5.74, 6) is 0. The van der Waals surface area contributed by atoms with E-state index in [4.69, 9.17) is 9.47 Å². The molecule has 2 aromatic rings. The van der Waals surface area contributed by atoms with Crippen LogP contribution in [0.2, 0.25) is 0 Å². The van der Waals surface area contributed by atoms with Crippen molar-refractivity contribution in [1.82, 2.24) is 15.8 Å². The Kier molecular flexibility index (Phi) is 10.8. The molecule has 0 bridgehead atoms. The summed E-state index contributed by atoms with van der Waals surface area (Å²) in [4.78, 5) is 25.1. The predicted octanol–water partition coefficient (Wildman–Crippen LogP) is 5.44. The molecule has 39 heavy (non-hydrogen) atoms. The highest BCUT2D eigenvalue weighted by Crippen LogP contribution is 2.29. The van der Waals surface area contributed by atoms with Crippen LogP contribution >= 0.6 is 0 Å². The fourth-order valence-electron chi connectivity index (χ4n) is 3.56. The number of nitrogens with zero attached hydrogens (tertiary/aromatic N) is 1. The van der Waals surface area contributed by atoms with Crippen molar-refractivity contribution in [3.05, 3.63) is 71.3 Å². The lowest BCUT2D eigenvalue weighted by molar-refractivity contribution is -0.137. The number of amides is 2. The average molecular weight is 554 g/mol. The van der Waals surface area contributed by atoms with Gasteiger partial charge in [-0.3, -0.25) is 5.43 Å². The van der Waals surface area contributed by atoms with Crippen molar-refractivity contribution in [2.45, 2.75) is 84.0 Å². The number of aliphatic hydroxyl groups excluding tert-OH is 1. The molecule has 0 radical (unpaired) electrons. The minimum atomic E-state index is -4.48. The third kappa shape index (κ3) is 12.4. The number of carbonyl (C=O) groups excluding carboxylic acids is 2. The number of halogens is 3. The van der Waals surface area contributed by atoms with Gasteiger partial charge in [-0.2, -0.15) is 13.2 Å². The molecule has 0 saturated carbocycles. The number of hydrazine groups is 1. The first kappa shape index (κ1) is 31.9. The van der Waals surface area contributed by atoms with Crippen molar-refractivity contribution < 1.29 is 37.3 Å². The SMILES string of the molecule is CC(C)(C)OC(=O)N[C@@H](Cc1ccccc1)[C@@H](O)CN(Cc1ccc(C(F)(F)F)cc1)NC(=O)OC(C)(C)C. The van der Waals surface area contributed by atoms with Crippen molar-refractivity contribution >= 4 is 12.2 Å². The van der Waals surface area contributed by atoms with Gasteiger partial charge in [0.15, 0.2) is 0 Å². The number of rotatable bonds is 9. The predicted molar refractivity (Wildman–Crippen MR) is 141 cm³/mol. The first-order chi connectivity index (χ1) is 17.9. The van der Waals surface area contributed by atoms with Crippen LogP contribution in [0.15, 0.2) is 54.6 Å². The van der Waals surface area contributed by atoms with Crippen LogP contribution in [0.5, 0.6) is 0 Å². The van der Waals surface area contributed by atoms with Gasteiger partial charge >= 0.3 is 18.4 Å². The second-order valence-electron chi connectivity index (χ2n) is 11.2. The van der Waals surface area contributed by atoms with Crippen molar-refractivity contribution in [3.63, 3.8) is 0 Å². The maximum Gasteiger partial charge on any atom is 0.422 e. The van der Waals surface area contributed by atoms with Crippen LogP contribution in [0.4, 0.5) is 22.8 Å². The second-order valence-corrected chi connectivity index (χ2v) is 11.2. The van der Waals surface area contributed by atoms with Gasteiger partial charge in [0.2, 0.25) is 0 Å². The van der Waals surface area contributed by atoms with Gasteiger partial charge in [-0.15, -0.1) is 0 Å². The number of alkyl halides is 3. The number of nitrogens with one attached hydrogen (secondary N) is 2. The number of hydrogen-bond acceptors (Lipinski definition) is 6. The fraction of sp³-hybridized carbons (Fsp3) is 0.500. The molecular formula is C28H38F3N3O5. The van der Waals surface area contributed by atoms with Gasteiger partial charge in [0.1, 0.15) is 11.2 Å². The molecule has 0 aliphatic carbocycles. The van der Waals surface area contributed by atoms with E-state index < -0.39 is 47.3 Å². The molecule has 0 spiro atoms. The maximum atomic E-state index is 13.0. The van der Waals surface area contributed by atoms with Gasteiger partial charge < -0.3 is 19.9 Å². The molecule has 11 heteroatoms. The summed E-state index contributed by atoms with van der Waals surface area (Å²) in [5.41, 5.74) is 1.47. The molecule has 3 N–H and O–H groups in total. The number of carbonyl (C=O) groups is 2. The smallest absolute Gasteiger partial charge is 0.422 e. The van der Waals surface area contributed by atoms with E-state index >= 15 is 0 Å². The molecular weight excluding hydrogens is 515 g/mol. The van der Waals surface area contributed by atoms with E-state index in [0.717, 1.165) is 17.7 Å². The quantitative estimate of drug-likeness (QED) is 0.358. The van der Waals surface area contributed by atoms with Crippen molar-refractivity contribution in [2.75, 3.05) is 6.54 Å². The Balaban J connectivity index is 2.27. The third-order valence-corrected chi connectivity index (χ3v) is 5.18. The number of hydrogen-bond donors (Lipinski definition) is 3. The zero-order chi connectivity index (χ0) is 29.4. The summed E-state index contributed by atoms with van der Waals surface area (Å²) in [5, 5.41) is 15.2. The van der Waals surface area contributed by atoms with Crippen molar-refractivity contribution in [1.29, 1.82) is 0 Å². The van der Waals surface area contributed by atoms with Crippen LogP contribution in [-0.4, -0.2) is 52.2 Å². The Morgan fingerprint density at radius 2 is 1.38 bits per heavy atom. The van der Waals surface area contributed by atoms with Crippen LogP contribution in [0.1, 0.15) is 58.2 Å². The standard InChI is InChI=1S/C28H38F3N3O5/c1-26(2,3)38-24(36)32-22(16-19-10-8-7-9-11-19)23(35)18-34(33-25(37)39-27(4,5)6)17-20-12-14-21(15-13-20)28(29,30)31/h7-15,22-23,35H,16-18H2,1-6H3,(H,32,36)(H,33,37)/t22-,23-/m0/s1. The van der Waals surface area contributed by atoms with Crippen LogP contribution in [-0.2, 0) is 28.6 Å². The molecule has 0 aromatic heterocycles. The molecule has 8 nitrogen and oxygen atoms in total. The number of alkyl carbamates (subject to hydrolysis) is 1. The molecule has 2 rings (SSSR count). The molecule has 0 aliphatic rings. The van der Waals surface area contributed by atoms with E-state index in [2.05, 4.69) is 10.7 Å². The van der Waals surface area contributed by atoms with Crippen LogP contribution < -0.4 is 10.7 Å². The first-order valence-corrected chi connectivity index (χ1v) is 12.5. The zero-order valence-corrected chi connectivity index (χ0v) is 23.1. The van der Waals surface area contributed by atoms with Crippen molar-refractivity contribution in [3.8, 4) is 0 Å². The van der Waals surface area contributed by atoms with E-state index in [9.17, 15) is 27.9 Å². The highest BCUT2D eigenvalue weighted by molar-refractivity contribution is 5.68. The lowest BCUT2D eigenvalue weighted by atomic mass is 10.0. The van der Waals surface area contributed by atoms with Gasteiger partial charge in [0, 0.05) is 13.1 Å². The molecule has 0 unspecified atom stereocenters. The highest BCUT2D eigenvalue weighted by atomic mass is 19.4. The highest BCUT2D eigenvalue weighted by Gasteiger charge is 2.31. The van der Waals surface area contributed by atoms with Gasteiger partial charge in [-0.1, -0.05) is 42.5 Å². The normalized spacial score (nSPS) is 13.9. The second kappa shape index (κ2) is 13.2. The van der Waals surface area contributed by atoms with Gasteiger partial charge in [0.05, 0.1) is 17.7 Å². The van der Waals surface area contributed by atoms with Gasteiger partial charge in [0.25, 0.3) is 0 Å². The topological polar surface area (TPSA) is 100 Å². The Labute approximate surface area is 227 Å². The van der Waals surface area contributed by atoms with Crippen molar-refractivity contribution in [2.24, 2.45) is 0 Å². The largest absolute Gasteiger partial charge is 0.444 e. The number of aliphatic hydroxyl groups is 1. The number of benzene rings is 2. The van der Waals surface area contributed by atoms with Gasteiger partial charge in [-0.05, 0) is 71.2 Å². The molecule has 2 aromatic carbocycles. The third-order valence-electron chi connectivity index (χ3n) is 5.18. The summed E-state index contributed by atoms with van der Waals surface area (Å²) < 4.78 is 49.7. The van der Waals surface area contributed by atoms with Crippen LogP contribution in [0, 0.1) is 0 Å². The first-order valence-electron chi connectivity index (χ1n) is 12.5. The molecule has 0 saturated heterocycles. The van der Waals surface area contributed by atoms with E-state index in [1.165, 1.54) is 17.1 Å². The average Bonchev–Trinajstić information content (AvgIpc) is 2.76. The fourth-order valence-corrected chi connectivity index (χ4v) is 3.56. The van der Waals surface area contributed by atoms with Crippen LogP contribution in [0.25, 0.3) is 0 Å². The van der Waals surface area contributed by atoms with E-state index in [-0.39, 0.29) is 19.5 Å². The Bertz CT molecular complexity index is 1070. The Hall–Kier alpha value is -3.31. The molecule has 216 valence electrons. The minimum absolute atomic E-state index is 0.0427. The van der Waals surface area contributed by atoms with Gasteiger partial charge in [-0.25, -0.2) is 14.6 Å². The molecule has 0 fully saturated rings. The monoisotopic (exact) mass is 553 g/mol. The summed E-state index contributed by atoms with van der Waals surface area (Å²) in [6.07, 6.45) is -6.98. The van der Waals surface area contributed by atoms with E-state index in [1.54, 1.807) is 41.5 Å². The minimum Gasteiger partial charge on any atom is -0.444 e. The summed E-state index contributed by atoms with van der Waals surface area (Å²) in [7, 11) is 0. The Morgan fingerprint density at radius 3 is 1.90 bits per heavy atom. The lowest BCUT2D eigenvalue weighted by Gasteiger charge is -2.31. The molecule has 2 amide bonds. The summed E-state index contributed by atoms with van der Waals surface area (Å²) in [6.45, 7) is 9.96. The lowest BCUT2D eigenvalue weighted by Crippen LogP contribution is -2.54. The summed E-state index contributed by atoms with van der Waals surface area (Å²) in [6, 6.07) is 12.8. The number of ether oxygens (including phenoxy) is 2.